The summed E-state index contributed by atoms with van der Waals surface area (Å²) in [5, 5.41) is 37.6. The number of fused-ring (bicyclic) bond motifs is 9. The number of para-hydroxylation sites is 6. The summed E-state index contributed by atoms with van der Waals surface area (Å²) in [5.74, 6) is 0. The first-order valence-corrected chi connectivity index (χ1v) is 24.6. The second-order valence-corrected chi connectivity index (χ2v) is 19.0. The van der Waals surface area contributed by atoms with E-state index in [4.69, 9.17) is 13.3 Å². The van der Waals surface area contributed by atoms with Crippen molar-refractivity contribution in [3.05, 3.63) is 241 Å². The molecule has 0 fully saturated rings. The molecule has 0 atom stereocenters. The Kier molecular flexibility index (Phi) is 9.92. The Balaban J connectivity index is 0.923. The summed E-state index contributed by atoms with van der Waals surface area (Å²) in [7, 11) is 0. The van der Waals surface area contributed by atoms with Crippen LogP contribution in [0.3, 0.4) is 0 Å². The van der Waals surface area contributed by atoms with Crippen LogP contribution in [0.5, 0.6) is 0 Å². The minimum Gasteiger partial charge on any atom is -0.455 e. The molecule has 0 aliphatic heterocycles. The molecule has 14 rings (SSSR count). The molecule has 0 spiro atoms. The van der Waals surface area contributed by atoms with Crippen molar-refractivity contribution in [1.82, 2.24) is 0 Å². The molecule has 11 aromatic carbocycles. The van der Waals surface area contributed by atoms with Crippen molar-refractivity contribution in [3.8, 4) is 96.1 Å². The normalized spacial score (nSPS) is 11.4. The van der Waals surface area contributed by atoms with Crippen LogP contribution in [-0.2, 0) is 0 Å². The first-order valence-electron chi connectivity index (χ1n) is 24.6. The van der Waals surface area contributed by atoms with Crippen LogP contribution in [0, 0.1) is 34.0 Å². The van der Waals surface area contributed by atoms with E-state index in [-0.39, 0.29) is 0 Å². The van der Waals surface area contributed by atoms with Crippen LogP contribution in [0.15, 0.2) is 238 Å². The van der Waals surface area contributed by atoms with Gasteiger partial charge in [0, 0.05) is 49.0 Å². The Labute approximate surface area is 430 Å². The second kappa shape index (κ2) is 17.3. The number of hydrogen-bond donors (Lipinski definition) is 0. The third kappa shape index (κ3) is 7.31. The summed E-state index contributed by atoms with van der Waals surface area (Å²) in [4.78, 5) is 0. The zero-order valence-corrected chi connectivity index (χ0v) is 39.9. The van der Waals surface area contributed by atoms with Crippen LogP contribution < -0.4 is 0 Å². The summed E-state index contributed by atoms with van der Waals surface area (Å²) < 4.78 is 19.4. The third-order valence-electron chi connectivity index (χ3n) is 14.5. The van der Waals surface area contributed by atoms with Crippen molar-refractivity contribution >= 4 is 65.8 Å². The maximum absolute atomic E-state index is 10.6. The average Bonchev–Trinajstić information content (AvgIpc) is 4.18. The van der Waals surface area contributed by atoms with Crippen LogP contribution in [0.1, 0.15) is 16.7 Å². The molecular formula is C69H37N3O3. The number of nitriles is 3. The molecule has 0 saturated carbocycles. The van der Waals surface area contributed by atoms with Gasteiger partial charge < -0.3 is 13.3 Å². The maximum Gasteiger partial charge on any atom is 0.143 e. The van der Waals surface area contributed by atoms with Gasteiger partial charge in [-0.25, -0.2) is 0 Å². The predicted molar refractivity (Wildman–Crippen MR) is 300 cm³/mol. The van der Waals surface area contributed by atoms with Gasteiger partial charge in [0.2, 0.25) is 0 Å². The molecule has 6 heteroatoms. The van der Waals surface area contributed by atoms with E-state index in [1.54, 1.807) is 0 Å². The van der Waals surface area contributed by atoms with Gasteiger partial charge in [-0.05, 0) is 152 Å². The largest absolute Gasteiger partial charge is 0.455 e. The van der Waals surface area contributed by atoms with Crippen LogP contribution >= 0.6 is 0 Å². The quantitative estimate of drug-likeness (QED) is 0.157. The first-order chi connectivity index (χ1) is 37.0. The molecule has 3 aromatic heterocycles. The van der Waals surface area contributed by atoms with E-state index in [2.05, 4.69) is 115 Å². The van der Waals surface area contributed by atoms with Gasteiger partial charge >= 0.3 is 0 Å². The lowest BCUT2D eigenvalue weighted by Crippen LogP contribution is -1.91. The zero-order valence-electron chi connectivity index (χ0n) is 39.9. The van der Waals surface area contributed by atoms with Gasteiger partial charge in [0.1, 0.15) is 33.5 Å². The smallest absolute Gasteiger partial charge is 0.143 e. The molecule has 75 heavy (non-hydrogen) atoms. The van der Waals surface area contributed by atoms with E-state index in [0.29, 0.717) is 16.7 Å². The number of furan rings is 3. The monoisotopic (exact) mass is 955 g/mol. The van der Waals surface area contributed by atoms with Crippen molar-refractivity contribution in [2.24, 2.45) is 0 Å². The Morgan fingerprint density at radius 1 is 0.227 bits per heavy atom. The summed E-state index contributed by atoms with van der Waals surface area (Å²) in [6, 6.07) is 82.6. The van der Waals surface area contributed by atoms with E-state index in [1.165, 1.54) is 0 Å². The Morgan fingerprint density at radius 2 is 0.480 bits per heavy atom. The average molecular weight is 956 g/mol. The van der Waals surface area contributed by atoms with Crippen molar-refractivity contribution in [1.29, 1.82) is 15.8 Å². The molecular weight excluding hydrogens is 919 g/mol. The van der Waals surface area contributed by atoms with Crippen LogP contribution in [0.4, 0.5) is 0 Å². The maximum atomic E-state index is 10.6. The van der Waals surface area contributed by atoms with Gasteiger partial charge in [0.25, 0.3) is 0 Å². The number of benzene rings is 11. The van der Waals surface area contributed by atoms with Crippen molar-refractivity contribution < 1.29 is 13.3 Å². The van der Waals surface area contributed by atoms with Crippen LogP contribution in [0.2, 0.25) is 0 Å². The molecule has 0 radical (unpaired) electrons. The zero-order chi connectivity index (χ0) is 50.1. The topological polar surface area (TPSA) is 111 Å². The highest BCUT2D eigenvalue weighted by Gasteiger charge is 2.19. The predicted octanol–water partition coefficient (Wildman–Crippen LogP) is 18.7. The van der Waals surface area contributed by atoms with E-state index >= 15 is 0 Å². The third-order valence-corrected chi connectivity index (χ3v) is 14.5. The lowest BCUT2D eigenvalue weighted by atomic mass is 9.89. The standard InChI is InChI=1S/C69H37N3O3/c70-38-41-26-46(35-52(29-41)55-13-7-16-61-58-10-1-4-19-64(58)73-67(55)61)44-22-24-45(25-23-44)49-32-50(47-27-42(39-71)30-53(36-47)56-14-8-17-62-59-11-2-5-20-65(59)74-68(56)62)34-51(33-49)48-28-43(40-72)31-54(37-48)57-15-9-18-63-60-12-3-6-21-66(60)75-69(57)63/h1-37H. The Morgan fingerprint density at radius 3 is 0.813 bits per heavy atom. The fraction of sp³-hybridized carbons (Fsp3) is 0. The van der Waals surface area contributed by atoms with E-state index in [0.717, 1.165) is 144 Å². The molecule has 0 aliphatic rings. The van der Waals surface area contributed by atoms with E-state index in [1.807, 2.05) is 127 Å². The SMILES string of the molecule is N#Cc1cc(-c2ccc(-c3cc(-c4cc(C#N)cc(-c5cccc6c5oc5ccccc56)c4)cc(-c4cc(C#N)cc(-c5cccc6c5oc5ccccc56)c4)c3)cc2)cc(-c2cccc3c2oc2ccccc23)c1. The minimum atomic E-state index is 0.509. The number of rotatable bonds is 7. The molecule has 0 saturated heterocycles. The van der Waals surface area contributed by atoms with Gasteiger partial charge in [-0.1, -0.05) is 133 Å². The Hall–Kier alpha value is -10.7. The van der Waals surface area contributed by atoms with Gasteiger partial charge in [0.05, 0.1) is 34.9 Å². The van der Waals surface area contributed by atoms with Crippen molar-refractivity contribution in [2.45, 2.75) is 0 Å². The molecule has 0 amide bonds. The van der Waals surface area contributed by atoms with Crippen molar-refractivity contribution in [2.75, 3.05) is 0 Å². The van der Waals surface area contributed by atoms with Crippen molar-refractivity contribution in [3.63, 3.8) is 0 Å². The highest BCUT2D eigenvalue weighted by Crippen LogP contribution is 2.43. The summed E-state index contributed by atoms with van der Waals surface area (Å²) in [6.45, 7) is 0. The molecule has 346 valence electrons. The number of nitrogens with zero attached hydrogens (tertiary/aromatic N) is 3. The minimum absolute atomic E-state index is 0.509. The molecule has 0 unspecified atom stereocenters. The molecule has 3 heterocycles. The van der Waals surface area contributed by atoms with Crippen LogP contribution in [0.25, 0.3) is 144 Å². The Bertz CT molecular complexity index is 4620. The lowest BCUT2D eigenvalue weighted by molar-refractivity contribution is 0.669. The molecule has 0 N–H and O–H groups in total. The molecule has 14 aromatic rings. The van der Waals surface area contributed by atoms with Gasteiger partial charge in [-0.3, -0.25) is 0 Å². The lowest BCUT2D eigenvalue weighted by Gasteiger charge is -2.15. The highest BCUT2D eigenvalue weighted by molar-refractivity contribution is 6.12. The van der Waals surface area contributed by atoms with Gasteiger partial charge in [0.15, 0.2) is 0 Å². The highest BCUT2D eigenvalue weighted by atomic mass is 16.3. The van der Waals surface area contributed by atoms with E-state index in [9.17, 15) is 15.8 Å². The summed E-state index contributed by atoms with van der Waals surface area (Å²) in [5.41, 5.74) is 18.8. The van der Waals surface area contributed by atoms with Gasteiger partial charge in [-0.15, -0.1) is 0 Å². The molecule has 0 aliphatic carbocycles. The summed E-state index contributed by atoms with van der Waals surface area (Å²) in [6.07, 6.45) is 0. The van der Waals surface area contributed by atoms with E-state index < -0.39 is 0 Å². The van der Waals surface area contributed by atoms with Gasteiger partial charge in [-0.2, -0.15) is 15.8 Å². The summed E-state index contributed by atoms with van der Waals surface area (Å²) >= 11 is 0. The fourth-order valence-corrected chi connectivity index (χ4v) is 10.9. The second-order valence-electron chi connectivity index (χ2n) is 19.0. The molecule has 0 bridgehead atoms. The fourth-order valence-electron chi connectivity index (χ4n) is 10.9. The number of hydrogen-bond acceptors (Lipinski definition) is 6. The first kappa shape index (κ1) is 43.1. The van der Waals surface area contributed by atoms with Crippen LogP contribution in [-0.4, -0.2) is 0 Å². The molecule has 6 nitrogen and oxygen atoms in total.